The summed E-state index contributed by atoms with van der Waals surface area (Å²) in [5.41, 5.74) is 0. The SMILES string of the molecule is CCC(C)(S(=O)(=O)CC)S(=O)(=O)CC.[Ni]. The summed E-state index contributed by atoms with van der Waals surface area (Å²) in [4.78, 5) is 0. The van der Waals surface area contributed by atoms with Gasteiger partial charge in [0.05, 0.1) is 0 Å². The minimum Gasteiger partial charge on any atom is -0.227 e. The van der Waals surface area contributed by atoms with E-state index in [-0.39, 0.29) is 34.4 Å². The molecule has 96 valence electrons. The Hall–Kier alpha value is 0.394. The predicted octanol–water partition coefficient (Wildman–Crippen LogP) is 0.980. The molecule has 0 aromatic carbocycles. The number of hydrogen-bond acceptors (Lipinski definition) is 4. The molecule has 0 amide bonds. The van der Waals surface area contributed by atoms with Gasteiger partial charge in [0, 0.05) is 28.0 Å². The van der Waals surface area contributed by atoms with Gasteiger partial charge in [-0.05, 0) is 13.3 Å². The van der Waals surface area contributed by atoms with Gasteiger partial charge in [0.25, 0.3) is 0 Å². The van der Waals surface area contributed by atoms with Crippen LogP contribution in [0.5, 0.6) is 0 Å². The molecule has 0 bridgehead atoms. The third kappa shape index (κ3) is 2.95. The third-order valence-corrected chi connectivity index (χ3v) is 8.97. The molecule has 7 heteroatoms. The van der Waals surface area contributed by atoms with E-state index in [1.807, 2.05) is 0 Å². The van der Waals surface area contributed by atoms with Crippen molar-refractivity contribution < 1.29 is 33.3 Å². The van der Waals surface area contributed by atoms with Crippen molar-refractivity contribution >= 4 is 19.7 Å². The number of rotatable bonds is 5. The maximum Gasteiger partial charge on any atom is 0.170 e. The molecule has 0 aromatic rings. The Balaban J connectivity index is 0. The molecule has 0 fully saturated rings. The Labute approximate surface area is 103 Å². The molecule has 0 spiro atoms. The normalized spacial score (nSPS) is 13.3. The summed E-state index contributed by atoms with van der Waals surface area (Å²) < 4.78 is 45.1. The summed E-state index contributed by atoms with van der Waals surface area (Å²) in [7, 11) is -7.14. The summed E-state index contributed by atoms with van der Waals surface area (Å²) in [5, 5.41) is 0. The van der Waals surface area contributed by atoms with Crippen molar-refractivity contribution in [3.05, 3.63) is 0 Å². The molecule has 0 N–H and O–H groups in total. The first-order valence-corrected chi connectivity index (χ1v) is 7.93. The van der Waals surface area contributed by atoms with Gasteiger partial charge in [0.15, 0.2) is 23.8 Å². The van der Waals surface area contributed by atoms with Crippen LogP contribution in [0.2, 0.25) is 0 Å². The van der Waals surface area contributed by atoms with E-state index in [2.05, 4.69) is 0 Å². The van der Waals surface area contributed by atoms with E-state index in [1.165, 1.54) is 20.8 Å². The van der Waals surface area contributed by atoms with Crippen molar-refractivity contribution in [2.45, 2.75) is 38.2 Å². The molecule has 0 saturated carbocycles. The smallest absolute Gasteiger partial charge is 0.170 e. The quantitative estimate of drug-likeness (QED) is 0.710. The molecule has 0 aliphatic heterocycles. The van der Waals surface area contributed by atoms with Gasteiger partial charge in [-0.1, -0.05) is 20.8 Å². The second-order valence-electron chi connectivity index (χ2n) is 3.29. The molecule has 0 heterocycles. The summed E-state index contributed by atoms with van der Waals surface area (Å²) in [6.07, 6.45) is 0.0966. The maximum absolute atomic E-state index is 11.7. The molecule has 0 aliphatic carbocycles. The molecule has 0 atom stereocenters. The van der Waals surface area contributed by atoms with Crippen LogP contribution in [0.3, 0.4) is 0 Å². The average Bonchev–Trinajstić information content (AvgIpc) is 2.15. The topological polar surface area (TPSA) is 68.3 Å². The van der Waals surface area contributed by atoms with Crippen LogP contribution in [-0.2, 0) is 36.2 Å². The summed E-state index contributed by atoms with van der Waals surface area (Å²) in [6, 6.07) is 0. The molecular weight excluding hydrogens is 283 g/mol. The molecule has 0 rings (SSSR count). The van der Waals surface area contributed by atoms with Crippen LogP contribution in [0.1, 0.15) is 34.1 Å². The van der Waals surface area contributed by atoms with E-state index in [9.17, 15) is 16.8 Å². The molecule has 15 heavy (non-hydrogen) atoms. The van der Waals surface area contributed by atoms with Gasteiger partial charge in [-0.25, -0.2) is 16.8 Å². The monoisotopic (exact) mass is 300 g/mol. The Morgan fingerprint density at radius 1 is 0.867 bits per heavy atom. The van der Waals surface area contributed by atoms with Gasteiger partial charge < -0.3 is 0 Å². The van der Waals surface area contributed by atoms with E-state index in [4.69, 9.17) is 0 Å². The minimum absolute atomic E-state index is 0. The van der Waals surface area contributed by atoms with Crippen LogP contribution < -0.4 is 0 Å². The van der Waals surface area contributed by atoms with Crippen molar-refractivity contribution in [1.29, 1.82) is 0 Å². The van der Waals surface area contributed by atoms with Crippen molar-refractivity contribution in [2.24, 2.45) is 0 Å². The van der Waals surface area contributed by atoms with Crippen LogP contribution in [0.4, 0.5) is 0 Å². The van der Waals surface area contributed by atoms with Crippen LogP contribution in [0.15, 0.2) is 0 Å². The molecule has 4 nitrogen and oxygen atoms in total. The summed E-state index contributed by atoms with van der Waals surface area (Å²) in [5.74, 6) is -0.285. The van der Waals surface area contributed by atoms with Crippen molar-refractivity contribution in [2.75, 3.05) is 11.5 Å². The van der Waals surface area contributed by atoms with Crippen molar-refractivity contribution in [1.82, 2.24) is 0 Å². The molecular formula is C8H18NiO4S2. The Bertz CT molecular complexity index is 349. The van der Waals surface area contributed by atoms with E-state index < -0.39 is 23.8 Å². The van der Waals surface area contributed by atoms with E-state index in [0.29, 0.717) is 0 Å². The van der Waals surface area contributed by atoms with Gasteiger partial charge in [-0.15, -0.1) is 0 Å². The Morgan fingerprint density at radius 2 is 1.13 bits per heavy atom. The Morgan fingerprint density at radius 3 is 1.27 bits per heavy atom. The fourth-order valence-electron chi connectivity index (χ4n) is 1.24. The van der Waals surface area contributed by atoms with Crippen molar-refractivity contribution in [3.63, 3.8) is 0 Å². The van der Waals surface area contributed by atoms with Gasteiger partial charge in [0.2, 0.25) is 0 Å². The first-order valence-electron chi connectivity index (χ1n) is 4.63. The van der Waals surface area contributed by atoms with E-state index in [0.717, 1.165) is 0 Å². The molecule has 0 unspecified atom stereocenters. The zero-order valence-electron chi connectivity index (χ0n) is 9.39. The van der Waals surface area contributed by atoms with Crippen LogP contribution >= 0.6 is 0 Å². The van der Waals surface area contributed by atoms with Gasteiger partial charge in [0.1, 0.15) is 0 Å². The van der Waals surface area contributed by atoms with Gasteiger partial charge >= 0.3 is 0 Å². The molecule has 0 aromatic heterocycles. The minimum atomic E-state index is -3.57. The number of hydrogen-bond donors (Lipinski definition) is 0. The summed E-state index contributed by atoms with van der Waals surface area (Å²) >= 11 is 0. The zero-order chi connectivity index (χ0) is 11.6. The van der Waals surface area contributed by atoms with Gasteiger partial charge in [-0.3, -0.25) is 0 Å². The zero-order valence-corrected chi connectivity index (χ0v) is 12.0. The van der Waals surface area contributed by atoms with E-state index >= 15 is 0 Å². The maximum atomic E-state index is 11.7. The third-order valence-electron chi connectivity index (χ3n) is 2.72. The fraction of sp³-hybridized carbons (Fsp3) is 1.00. The van der Waals surface area contributed by atoms with Crippen LogP contribution in [0, 0.1) is 0 Å². The van der Waals surface area contributed by atoms with Crippen LogP contribution in [0.25, 0.3) is 0 Å². The fourth-order valence-corrected chi connectivity index (χ4v) is 5.60. The Kier molecular flexibility index (Phi) is 6.69. The first-order chi connectivity index (χ1) is 6.18. The van der Waals surface area contributed by atoms with Gasteiger partial charge in [-0.2, -0.15) is 0 Å². The number of sulfone groups is 2. The second-order valence-corrected chi connectivity index (χ2v) is 8.97. The molecule has 0 radical (unpaired) electrons. The predicted molar refractivity (Wildman–Crippen MR) is 57.6 cm³/mol. The van der Waals surface area contributed by atoms with E-state index in [1.54, 1.807) is 6.92 Å². The van der Waals surface area contributed by atoms with Crippen LogP contribution in [-0.4, -0.2) is 32.4 Å². The largest absolute Gasteiger partial charge is 0.227 e. The second kappa shape index (κ2) is 5.64. The first kappa shape index (κ1) is 17.8. The molecule has 0 saturated heterocycles. The molecule has 0 aliphatic rings. The summed E-state index contributed by atoms with van der Waals surface area (Å²) in [6.45, 7) is 5.81. The standard InChI is InChI=1S/C8H18O4S2.Ni/c1-5-8(4,13(9,10)6-2)14(11,12)7-3;/h5-7H2,1-4H3;. The van der Waals surface area contributed by atoms with Crippen molar-refractivity contribution in [3.8, 4) is 0 Å². The average molecular weight is 301 g/mol.